The Hall–Kier alpha value is -3.02. The molecule has 0 heterocycles. The predicted octanol–water partition coefficient (Wildman–Crippen LogP) is 3.97. The summed E-state index contributed by atoms with van der Waals surface area (Å²) in [5, 5.41) is 3.03. The Kier molecular flexibility index (Phi) is 9.38. The van der Waals surface area contributed by atoms with Gasteiger partial charge in [-0.1, -0.05) is 38.1 Å². The van der Waals surface area contributed by atoms with E-state index in [1.54, 1.807) is 19.1 Å². The van der Waals surface area contributed by atoms with E-state index >= 15 is 0 Å². The minimum atomic E-state index is -0.540. The van der Waals surface area contributed by atoms with Crippen molar-refractivity contribution in [3.8, 4) is 11.5 Å². The summed E-state index contributed by atoms with van der Waals surface area (Å²) in [5.41, 5.74) is 1.82. The van der Waals surface area contributed by atoms with Crippen LogP contribution in [0.1, 0.15) is 44.7 Å². The summed E-state index contributed by atoms with van der Waals surface area (Å²) in [5.74, 6) is 1.28. The van der Waals surface area contributed by atoms with Gasteiger partial charge in [0.15, 0.2) is 0 Å². The first-order chi connectivity index (χ1) is 14.9. The van der Waals surface area contributed by atoms with Crippen molar-refractivity contribution in [3.05, 3.63) is 59.7 Å². The first kappa shape index (κ1) is 24.3. The number of carbonyl (C=O) groups excluding carboxylic acids is 2. The summed E-state index contributed by atoms with van der Waals surface area (Å²) in [6.07, 6.45) is 1.58. The van der Waals surface area contributed by atoms with Crippen molar-refractivity contribution in [1.82, 2.24) is 10.2 Å². The SMILES string of the molecule is CC[C@H](C(=O)N[C@@H](C)CC)N(Cc1ccc(OC)cc1)C(=O)Cc1ccc(OC)cc1. The smallest absolute Gasteiger partial charge is 0.243 e. The molecule has 168 valence electrons. The Balaban J connectivity index is 2.27. The zero-order valence-corrected chi connectivity index (χ0v) is 19.2. The molecule has 2 aromatic rings. The molecule has 0 spiro atoms. The molecule has 2 rings (SSSR count). The van der Waals surface area contributed by atoms with Gasteiger partial charge >= 0.3 is 0 Å². The van der Waals surface area contributed by atoms with Gasteiger partial charge in [0.25, 0.3) is 0 Å². The number of nitrogens with one attached hydrogen (secondary N) is 1. The van der Waals surface area contributed by atoms with Gasteiger partial charge in [-0.05, 0) is 55.2 Å². The molecule has 0 saturated heterocycles. The van der Waals surface area contributed by atoms with Crippen LogP contribution in [0.4, 0.5) is 0 Å². The van der Waals surface area contributed by atoms with Crippen LogP contribution in [-0.2, 0) is 22.6 Å². The molecule has 2 aromatic carbocycles. The highest BCUT2D eigenvalue weighted by Gasteiger charge is 2.29. The standard InChI is InChI=1S/C25H34N2O4/c1-6-18(3)26-25(29)23(7-2)27(17-20-10-14-22(31-5)15-11-20)24(28)16-19-8-12-21(30-4)13-9-19/h8-15,18,23H,6-7,16-17H2,1-5H3,(H,26,29)/t18-,23+/m0/s1. The molecule has 1 N–H and O–H groups in total. The first-order valence-corrected chi connectivity index (χ1v) is 10.8. The van der Waals surface area contributed by atoms with Crippen molar-refractivity contribution in [2.45, 2.75) is 58.7 Å². The predicted molar refractivity (Wildman–Crippen MR) is 122 cm³/mol. The minimum Gasteiger partial charge on any atom is -0.497 e. The average molecular weight is 427 g/mol. The molecule has 6 nitrogen and oxygen atoms in total. The van der Waals surface area contributed by atoms with Crippen molar-refractivity contribution < 1.29 is 19.1 Å². The zero-order valence-electron chi connectivity index (χ0n) is 19.2. The van der Waals surface area contributed by atoms with E-state index in [9.17, 15) is 9.59 Å². The fourth-order valence-electron chi connectivity index (χ4n) is 3.31. The molecule has 0 fully saturated rings. The zero-order chi connectivity index (χ0) is 22.8. The van der Waals surface area contributed by atoms with Crippen LogP contribution in [0.15, 0.2) is 48.5 Å². The number of ether oxygens (including phenoxy) is 2. The Morgan fingerprint density at radius 2 is 1.39 bits per heavy atom. The lowest BCUT2D eigenvalue weighted by molar-refractivity contribution is -0.141. The van der Waals surface area contributed by atoms with Crippen LogP contribution < -0.4 is 14.8 Å². The molecule has 0 bridgehead atoms. The maximum atomic E-state index is 13.3. The van der Waals surface area contributed by atoms with E-state index in [1.807, 2.05) is 69.3 Å². The van der Waals surface area contributed by atoms with Crippen molar-refractivity contribution in [2.24, 2.45) is 0 Å². The quantitative estimate of drug-likeness (QED) is 0.590. The average Bonchev–Trinajstić information content (AvgIpc) is 2.79. The number of hydrogen-bond acceptors (Lipinski definition) is 4. The van der Waals surface area contributed by atoms with Gasteiger partial charge in [-0.25, -0.2) is 0 Å². The highest BCUT2D eigenvalue weighted by molar-refractivity contribution is 5.88. The number of benzene rings is 2. The molecular formula is C25H34N2O4. The second-order valence-electron chi connectivity index (χ2n) is 7.64. The fourth-order valence-corrected chi connectivity index (χ4v) is 3.31. The fraction of sp³-hybridized carbons (Fsp3) is 0.440. The van der Waals surface area contributed by atoms with Crippen molar-refractivity contribution >= 4 is 11.8 Å². The lowest BCUT2D eigenvalue weighted by Gasteiger charge is -2.31. The van der Waals surface area contributed by atoms with Crippen molar-refractivity contribution in [1.29, 1.82) is 0 Å². The Morgan fingerprint density at radius 1 is 0.871 bits per heavy atom. The first-order valence-electron chi connectivity index (χ1n) is 10.8. The van der Waals surface area contributed by atoms with Gasteiger partial charge in [0, 0.05) is 12.6 Å². The van der Waals surface area contributed by atoms with Crippen LogP contribution in [0.5, 0.6) is 11.5 Å². The highest BCUT2D eigenvalue weighted by Crippen LogP contribution is 2.18. The largest absolute Gasteiger partial charge is 0.497 e. The third-order valence-corrected chi connectivity index (χ3v) is 5.41. The van der Waals surface area contributed by atoms with Gasteiger partial charge in [0.2, 0.25) is 11.8 Å². The van der Waals surface area contributed by atoms with Gasteiger partial charge in [0.1, 0.15) is 17.5 Å². The number of carbonyl (C=O) groups is 2. The lowest BCUT2D eigenvalue weighted by Crippen LogP contribution is -2.51. The van der Waals surface area contributed by atoms with E-state index in [4.69, 9.17) is 9.47 Å². The van der Waals surface area contributed by atoms with Gasteiger partial charge in [-0.15, -0.1) is 0 Å². The number of methoxy groups -OCH3 is 2. The van der Waals surface area contributed by atoms with Gasteiger partial charge in [-0.3, -0.25) is 9.59 Å². The maximum absolute atomic E-state index is 13.3. The number of amides is 2. The second kappa shape index (κ2) is 12.0. The number of nitrogens with zero attached hydrogens (tertiary/aromatic N) is 1. The number of rotatable bonds is 11. The van der Waals surface area contributed by atoms with Crippen LogP contribution >= 0.6 is 0 Å². The van der Waals surface area contributed by atoms with Crippen LogP contribution in [0.25, 0.3) is 0 Å². The van der Waals surface area contributed by atoms with Crippen molar-refractivity contribution in [3.63, 3.8) is 0 Å². The molecule has 2 amide bonds. The molecular weight excluding hydrogens is 392 g/mol. The number of hydrogen-bond donors (Lipinski definition) is 1. The van der Waals surface area contributed by atoms with Crippen LogP contribution in [-0.4, -0.2) is 43.0 Å². The third-order valence-electron chi connectivity index (χ3n) is 5.41. The molecule has 0 aliphatic heterocycles. The molecule has 2 atom stereocenters. The molecule has 31 heavy (non-hydrogen) atoms. The molecule has 0 aliphatic carbocycles. The van der Waals surface area contributed by atoms with Gasteiger partial charge < -0.3 is 19.7 Å². The minimum absolute atomic E-state index is 0.0566. The van der Waals surface area contributed by atoms with Crippen LogP contribution in [0, 0.1) is 0 Å². The van der Waals surface area contributed by atoms with E-state index < -0.39 is 6.04 Å². The Morgan fingerprint density at radius 3 is 1.84 bits per heavy atom. The van der Waals surface area contributed by atoms with Crippen LogP contribution in [0.2, 0.25) is 0 Å². The summed E-state index contributed by atoms with van der Waals surface area (Å²) in [7, 11) is 3.23. The molecule has 0 aromatic heterocycles. The van der Waals surface area contributed by atoms with E-state index in [2.05, 4.69) is 5.32 Å². The summed E-state index contributed by atoms with van der Waals surface area (Å²) in [6.45, 7) is 6.28. The monoisotopic (exact) mass is 426 g/mol. The molecule has 0 radical (unpaired) electrons. The van der Waals surface area contributed by atoms with E-state index in [0.717, 1.165) is 29.0 Å². The summed E-state index contributed by atoms with van der Waals surface area (Å²) >= 11 is 0. The molecule has 0 unspecified atom stereocenters. The maximum Gasteiger partial charge on any atom is 0.243 e. The Bertz CT molecular complexity index is 834. The van der Waals surface area contributed by atoms with Gasteiger partial charge in [0.05, 0.1) is 20.6 Å². The second-order valence-corrected chi connectivity index (χ2v) is 7.64. The van der Waals surface area contributed by atoms with Crippen molar-refractivity contribution in [2.75, 3.05) is 14.2 Å². The summed E-state index contributed by atoms with van der Waals surface area (Å²) in [4.78, 5) is 28.0. The molecule has 6 heteroatoms. The lowest BCUT2D eigenvalue weighted by atomic mass is 10.1. The molecule has 0 saturated carbocycles. The molecule has 0 aliphatic rings. The topological polar surface area (TPSA) is 67.9 Å². The summed E-state index contributed by atoms with van der Waals surface area (Å²) in [6, 6.07) is 14.5. The normalized spacial score (nSPS) is 12.5. The summed E-state index contributed by atoms with van der Waals surface area (Å²) < 4.78 is 10.4. The Labute approximate surface area is 185 Å². The third kappa shape index (κ3) is 7.02. The van der Waals surface area contributed by atoms with E-state index in [0.29, 0.717) is 13.0 Å². The van der Waals surface area contributed by atoms with E-state index in [-0.39, 0.29) is 24.3 Å². The highest BCUT2D eigenvalue weighted by atomic mass is 16.5. The van der Waals surface area contributed by atoms with E-state index in [1.165, 1.54) is 0 Å². The van der Waals surface area contributed by atoms with Crippen LogP contribution in [0.3, 0.4) is 0 Å². The van der Waals surface area contributed by atoms with Gasteiger partial charge in [-0.2, -0.15) is 0 Å².